The summed E-state index contributed by atoms with van der Waals surface area (Å²) in [6, 6.07) is 25.0. The van der Waals surface area contributed by atoms with E-state index in [1.165, 1.54) is 10.4 Å². The van der Waals surface area contributed by atoms with Gasteiger partial charge in [-0.2, -0.15) is 0 Å². The van der Waals surface area contributed by atoms with E-state index < -0.39 is 9.04 Å². The van der Waals surface area contributed by atoms with E-state index in [9.17, 15) is 0 Å². The lowest BCUT2D eigenvalue weighted by Crippen LogP contribution is -2.47. The Labute approximate surface area is 177 Å². The molecule has 1 unspecified atom stereocenters. The van der Waals surface area contributed by atoms with Gasteiger partial charge in [-0.1, -0.05) is 81.4 Å². The van der Waals surface area contributed by atoms with Crippen LogP contribution in [0.25, 0.3) is 0 Å². The molecule has 0 aliphatic heterocycles. The molecule has 1 heterocycles. The van der Waals surface area contributed by atoms with E-state index in [0.717, 1.165) is 11.4 Å². The molecular formula is C23H26BrNO2Si. The highest BCUT2D eigenvalue weighted by Crippen LogP contribution is 2.37. The van der Waals surface area contributed by atoms with E-state index in [1.807, 2.05) is 24.3 Å². The minimum absolute atomic E-state index is 0.115. The van der Waals surface area contributed by atoms with Crippen LogP contribution in [0.4, 0.5) is 0 Å². The first-order valence-corrected chi connectivity index (χ1v) is 11.8. The lowest BCUT2D eigenvalue weighted by molar-refractivity contribution is 0.0855. The van der Waals surface area contributed by atoms with Crippen molar-refractivity contribution in [2.24, 2.45) is 5.41 Å². The summed E-state index contributed by atoms with van der Waals surface area (Å²) >= 11 is 3.52. The van der Waals surface area contributed by atoms with E-state index in [2.05, 4.69) is 85.2 Å². The van der Waals surface area contributed by atoms with Gasteiger partial charge in [0, 0.05) is 0 Å². The third-order valence-corrected chi connectivity index (χ3v) is 7.68. The molecule has 0 amide bonds. The minimum atomic E-state index is -1.90. The van der Waals surface area contributed by atoms with Crippen molar-refractivity contribution in [1.82, 2.24) is 4.98 Å². The van der Waals surface area contributed by atoms with Gasteiger partial charge in [0.25, 0.3) is 0 Å². The molecule has 3 aromatic rings. The Balaban J connectivity index is 2.03. The number of methoxy groups -OCH3 is 1. The van der Waals surface area contributed by atoms with Crippen molar-refractivity contribution in [3.8, 4) is 5.75 Å². The number of hydrogen-bond donors (Lipinski definition) is 0. The first-order chi connectivity index (χ1) is 13.4. The quantitative estimate of drug-likeness (QED) is 0.405. The molecule has 0 spiro atoms. The summed E-state index contributed by atoms with van der Waals surface area (Å²) in [6.45, 7) is 6.58. The summed E-state index contributed by atoms with van der Waals surface area (Å²) in [6.07, 6.45) is -0.146. The van der Waals surface area contributed by atoms with Crippen molar-refractivity contribution >= 4 is 35.3 Å². The largest absolute Gasteiger partial charge is 0.494 e. The molecule has 1 atom stereocenters. The average molecular weight is 456 g/mol. The number of hydrogen-bond acceptors (Lipinski definition) is 3. The fraction of sp³-hybridized carbons (Fsp3) is 0.261. The van der Waals surface area contributed by atoms with Crippen LogP contribution in [0.5, 0.6) is 5.75 Å². The van der Waals surface area contributed by atoms with Crippen LogP contribution in [0.15, 0.2) is 77.4 Å². The fourth-order valence-corrected chi connectivity index (χ4v) is 6.35. The number of halogens is 1. The SMILES string of the molecule is COc1ccc(C(O[SiH](c2ccccc2)c2ccccc2)C(C)(C)C)nc1Br. The van der Waals surface area contributed by atoms with E-state index in [0.29, 0.717) is 4.60 Å². The van der Waals surface area contributed by atoms with Gasteiger partial charge >= 0.3 is 0 Å². The van der Waals surface area contributed by atoms with Crippen LogP contribution in [-0.4, -0.2) is 21.1 Å². The molecule has 0 bridgehead atoms. The van der Waals surface area contributed by atoms with Gasteiger partial charge in [-0.25, -0.2) is 4.98 Å². The van der Waals surface area contributed by atoms with Crippen LogP contribution in [0, 0.1) is 5.41 Å². The first kappa shape index (κ1) is 20.8. The maximum atomic E-state index is 6.92. The zero-order valence-electron chi connectivity index (χ0n) is 16.7. The van der Waals surface area contributed by atoms with Gasteiger partial charge in [-0.3, -0.25) is 0 Å². The molecule has 1 aromatic heterocycles. The zero-order chi connectivity index (χ0) is 20.1. The van der Waals surface area contributed by atoms with Crippen LogP contribution in [-0.2, 0) is 4.43 Å². The number of ether oxygens (including phenoxy) is 1. The third kappa shape index (κ3) is 4.90. The van der Waals surface area contributed by atoms with Crippen LogP contribution in [0.1, 0.15) is 32.6 Å². The molecular weight excluding hydrogens is 430 g/mol. The summed E-state index contributed by atoms with van der Waals surface area (Å²) < 4.78 is 13.0. The second-order valence-electron chi connectivity index (χ2n) is 7.81. The lowest BCUT2D eigenvalue weighted by Gasteiger charge is -2.34. The van der Waals surface area contributed by atoms with Gasteiger partial charge in [0.1, 0.15) is 4.60 Å². The smallest absolute Gasteiger partial charge is 0.240 e. The maximum Gasteiger partial charge on any atom is 0.240 e. The molecule has 0 radical (unpaired) electrons. The summed E-state index contributed by atoms with van der Waals surface area (Å²) in [5, 5.41) is 2.52. The standard InChI is InChI=1S/C23H26BrNO2Si/c1-23(2,3)21(19-15-16-20(26-4)22(24)25-19)27-28(17-11-7-5-8-12-17)18-13-9-6-10-14-18/h5-16,21,28H,1-4H3. The number of nitrogens with zero attached hydrogens (tertiary/aromatic N) is 1. The van der Waals surface area contributed by atoms with Gasteiger partial charge in [-0.15, -0.1) is 0 Å². The number of pyridine rings is 1. The van der Waals surface area contributed by atoms with Crippen molar-refractivity contribution in [3.63, 3.8) is 0 Å². The minimum Gasteiger partial charge on any atom is -0.494 e. The summed E-state index contributed by atoms with van der Waals surface area (Å²) in [7, 11) is -0.254. The van der Waals surface area contributed by atoms with Crippen LogP contribution in [0.3, 0.4) is 0 Å². The Hall–Kier alpha value is -1.95. The highest BCUT2D eigenvalue weighted by atomic mass is 79.9. The molecule has 28 heavy (non-hydrogen) atoms. The lowest BCUT2D eigenvalue weighted by atomic mass is 9.87. The predicted molar refractivity (Wildman–Crippen MR) is 121 cm³/mol. The Kier molecular flexibility index (Phi) is 6.70. The maximum absolute atomic E-state index is 6.92. The normalized spacial score (nSPS) is 12.8. The highest BCUT2D eigenvalue weighted by Gasteiger charge is 2.33. The number of rotatable bonds is 6. The Morgan fingerprint density at radius 3 is 1.82 bits per heavy atom. The van der Waals surface area contributed by atoms with Crippen LogP contribution >= 0.6 is 15.9 Å². The van der Waals surface area contributed by atoms with Crippen LogP contribution < -0.4 is 15.1 Å². The first-order valence-electron chi connectivity index (χ1n) is 9.36. The second-order valence-corrected chi connectivity index (χ2v) is 10.9. The third-order valence-electron chi connectivity index (χ3n) is 4.59. The monoisotopic (exact) mass is 455 g/mol. The number of aromatic nitrogens is 1. The molecule has 5 heteroatoms. The van der Waals surface area contributed by atoms with Gasteiger partial charge in [0.2, 0.25) is 9.04 Å². The van der Waals surface area contributed by atoms with Gasteiger partial charge < -0.3 is 9.16 Å². The van der Waals surface area contributed by atoms with Gasteiger partial charge in [0.05, 0.1) is 18.9 Å². The molecule has 0 saturated heterocycles. The van der Waals surface area contributed by atoms with Crippen molar-refractivity contribution in [1.29, 1.82) is 0 Å². The fourth-order valence-electron chi connectivity index (χ4n) is 3.19. The molecule has 0 fully saturated rings. The molecule has 0 N–H and O–H groups in total. The summed E-state index contributed by atoms with van der Waals surface area (Å²) in [5.41, 5.74) is 0.792. The van der Waals surface area contributed by atoms with Crippen LogP contribution in [0.2, 0.25) is 0 Å². The molecule has 0 aliphatic rings. The molecule has 0 aliphatic carbocycles. The van der Waals surface area contributed by atoms with E-state index >= 15 is 0 Å². The Morgan fingerprint density at radius 2 is 1.39 bits per heavy atom. The number of benzene rings is 2. The van der Waals surface area contributed by atoms with E-state index in [-0.39, 0.29) is 11.5 Å². The average Bonchev–Trinajstić information content (AvgIpc) is 2.69. The van der Waals surface area contributed by atoms with E-state index in [1.54, 1.807) is 7.11 Å². The van der Waals surface area contributed by atoms with Crippen molar-refractivity contribution < 1.29 is 9.16 Å². The topological polar surface area (TPSA) is 31.4 Å². The molecule has 3 nitrogen and oxygen atoms in total. The molecule has 146 valence electrons. The molecule has 3 rings (SSSR count). The van der Waals surface area contributed by atoms with Crippen molar-refractivity contribution in [2.45, 2.75) is 26.9 Å². The van der Waals surface area contributed by atoms with Gasteiger partial charge in [0.15, 0.2) is 5.75 Å². The van der Waals surface area contributed by atoms with Gasteiger partial charge in [-0.05, 0) is 43.9 Å². The summed E-state index contributed by atoms with van der Waals surface area (Å²) in [5.74, 6) is 0.719. The molecule has 0 saturated carbocycles. The highest BCUT2D eigenvalue weighted by molar-refractivity contribution is 9.10. The predicted octanol–water partition coefficient (Wildman–Crippen LogP) is 4.49. The molecule has 2 aromatic carbocycles. The second kappa shape index (κ2) is 9.03. The zero-order valence-corrected chi connectivity index (χ0v) is 19.5. The Bertz CT molecular complexity index is 858. The van der Waals surface area contributed by atoms with Crippen molar-refractivity contribution in [2.75, 3.05) is 7.11 Å². The van der Waals surface area contributed by atoms with E-state index in [4.69, 9.17) is 14.1 Å². The van der Waals surface area contributed by atoms with Crippen molar-refractivity contribution in [3.05, 3.63) is 83.1 Å². The Morgan fingerprint density at radius 1 is 0.857 bits per heavy atom. The summed E-state index contributed by atoms with van der Waals surface area (Å²) in [4.78, 5) is 4.74.